The summed E-state index contributed by atoms with van der Waals surface area (Å²) in [7, 11) is 0. The number of carbonyl (C=O) groups is 1. The Morgan fingerprint density at radius 3 is 2.47 bits per heavy atom. The predicted octanol–water partition coefficient (Wildman–Crippen LogP) is 3.54. The molecular formula is C15H12ClFO2. The maximum absolute atomic E-state index is 13.6. The number of ketones is 1. The van der Waals surface area contributed by atoms with E-state index in [2.05, 4.69) is 0 Å². The molecule has 0 aliphatic carbocycles. The van der Waals surface area contributed by atoms with Gasteiger partial charge < -0.3 is 5.11 Å². The van der Waals surface area contributed by atoms with Crippen molar-refractivity contribution in [3.05, 3.63) is 64.4 Å². The number of carbonyl (C=O) groups excluding carboxylic acids is 1. The van der Waals surface area contributed by atoms with Crippen LogP contribution in [-0.4, -0.2) is 10.9 Å². The van der Waals surface area contributed by atoms with Crippen molar-refractivity contribution in [2.45, 2.75) is 12.8 Å². The molecule has 0 saturated carbocycles. The Bertz CT molecular complexity index is 594. The Kier molecular flexibility index (Phi) is 4.17. The highest BCUT2D eigenvalue weighted by Gasteiger charge is 2.11. The lowest BCUT2D eigenvalue weighted by Gasteiger charge is -2.04. The lowest BCUT2D eigenvalue weighted by Crippen LogP contribution is -2.08. The summed E-state index contributed by atoms with van der Waals surface area (Å²) < 4.78 is 13.6. The van der Waals surface area contributed by atoms with E-state index in [1.165, 1.54) is 18.2 Å². The second-order valence-corrected chi connectivity index (χ2v) is 4.68. The number of phenolic OH excluding ortho intramolecular Hbond substituents is 1. The number of hydrogen-bond acceptors (Lipinski definition) is 2. The average molecular weight is 279 g/mol. The first-order valence-corrected chi connectivity index (χ1v) is 6.16. The molecule has 0 aromatic heterocycles. The number of hydrogen-bond donors (Lipinski definition) is 1. The molecule has 0 aliphatic heterocycles. The molecule has 0 heterocycles. The van der Waals surface area contributed by atoms with Crippen LogP contribution in [0.25, 0.3) is 0 Å². The fraction of sp³-hybridized carbons (Fsp3) is 0.133. The molecule has 19 heavy (non-hydrogen) atoms. The van der Waals surface area contributed by atoms with Gasteiger partial charge in [-0.15, -0.1) is 0 Å². The normalized spacial score (nSPS) is 10.4. The van der Waals surface area contributed by atoms with Gasteiger partial charge in [-0.05, 0) is 29.3 Å². The van der Waals surface area contributed by atoms with Crippen LogP contribution in [0.4, 0.5) is 4.39 Å². The van der Waals surface area contributed by atoms with Crippen LogP contribution in [-0.2, 0) is 17.6 Å². The summed E-state index contributed by atoms with van der Waals surface area (Å²) >= 11 is 5.66. The highest BCUT2D eigenvalue weighted by molar-refractivity contribution is 6.30. The molecule has 0 radical (unpaired) electrons. The average Bonchev–Trinajstić information content (AvgIpc) is 2.38. The molecule has 2 aromatic carbocycles. The highest BCUT2D eigenvalue weighted by atomic mass is 35.5. The van der Waals surface area contributed by atoms with Crippen molar-refractivity contribution >= 4 is 17.4 Å². The van der Waals surface area contributed by atoms with Crippen LogP contribution in [0.5, 0.6) is 5.75 Å². The molecule has 0 spiro atoms. The second kappa shape index (κ2) is 5.85. The van der Waals surface area contributed by atoms with E-state index in [1.54, 1.807) is 24.3 Å². The highest BCUT2D eigenvalue weighted by Crippen LogP contribution is 2.19. The number of halogens is 2. The van der Waals surface area contributed by atoms with Gasteiger partial charge in [0.05, 0.1) is 5.02 Å². The van der Waals surface area contributed by atoms with E-state index in [0.29, 0.717) is 5.56 Å². The van der Waals surface area contributed by atoms with Crippen LogP contribution < -0.4 is 0 Å². The lowest BCUT2D eigenvalue weighted by atomic mass is 10.0. The summed E-state index contributed by atoms with van der Waals surface area (Å²) in [5.74, 6) is -0.493. The Morgan fingerprint density at radius 2 is 1.79 bits per heavy atom. The van der Waals surface area contributed by atoms with Crippen molar-refractivity contribution in [3.63, 3.8) is 0 Å². The summed E-state index contributed by atoms with van der Waals surface area (Å²) in [4.78, 5) is 11.9. The number of aromatic hydroxyl groups is 1. The fourth-order valence-electron chi connectivity index (χ4n) is 1.80. The summed E-state index contributed by atoms with van der Waals surface area (Å²) in [6.45, 7) is 0. The van der Waals surface area contributed by atoms with Gasteiger partial charge in [0.1, 0.15) is 17.3 Å². The topological polar surface area (TPSA) is 37.3 Å². The molecule has 2 aromatic rings. The molecule has 0 bridgehead atoms. The monoisotopic (exact) mass is 278 g/mol. The molecule has 0 aliphatic rings. The summed E-state index contributed by atoms with van der Waals surface area (Å²) in [5.41, 5.74) is 1.08. The Morgan fingerprint density at radius 1 is 1.11 bits per heavy atom. The van der Waals surface area contributed by atoms with E-state index in [9.17, 15) is 9.18 Å². The van der Waals surface area contributed by atoms with Crippen LogP contribution >= 0.6 is 11.6 Å². The molecule has 4 heteroatoms. The maximum atomic E-state index is 13.6. The third-order valence-electron chi connectivity index (χ3n) is 2.76. The van der Waals surface area contributed by atoms with Gasteiger partial charge in [0.2, 0.25) is 0 Å². The lowest BCUT2D eigenvalue weighted by molar-refractivity contribution is -0.117. The molecule has 0 fully saturated rings. The molecule has 1 N–H and O–H groups in total. The first kappa shape index (κ1) is 13.6. The van der Waals surface area contributed by atoms with E-state index >= 15 is 0 Å². The van der Waals surface area contributed by atoms with Gasteiger partial charge in [-0.3, -0.25) is 4.79 Å². The zero-order valence-corrected chi connectivity index (χ0v) is 10.8. The van der Waals surface area contributed by atoms with Crippen LogP contribution in [0, 0.1) is 5.82 Å². The van der Waals surface area contributed by atoms with E-state index in [-0.39, 0.29) is 29.4 Å². The molecule has 0 atom stereocenters. The Balaban J connectivity index is 2.05. The molecule has 2 rings (SSSR count). The minimum atomic E-state index is -0.539. The fourth-order valence-corrected chi connectivity index (χ4v) is 2.00. The zero-order valence-electron chi connectivity index (χ0n) is 10.1. The van der Waals surface area contributed by atoms with E-state index in [1.807, 2.05) is 0 Å². The largest absolute Gasteiger partial charge is 0.508 e. The van der Waals surface area contributed by atoms with E-state index in [0.717, 1.165) is 5.56 Å². The van der Waals surface area contributed by atoms with Gasteiger partial charge in [-0.25, -0.2) is 4.39 Å². The summed E-state index contributed by atoms with van der Waals surface area (Å²) in [5, 5.41) is 9.17. The summed E-state index contributed by atoms with van der Waals surface area (Å²) in [6.07, 6.45) is 0.208. The molecule has 98 valence electrons. The van der Waals surface area contributed by atoms with E-state index in [4.69, 9.17) is 16.7 Å². The maximum Gasteiger partial charge on any atom is 0.145 e. The molecule has 0 unspecified atom stereocenters. The van der Waals surface area contributed by atoms with Gasteiger partial charge in [-0.2, -0.15) is 0 Å². The zero-order chi connectivity index (χ0) is 13.8. The number of phenols is 1. The van der Waals surface area contributed by atoms with Crippen molar-refractivity contribution in [2.24, 2.45) is 0 Å². The van der Waals surface area contributed by atoms with Crippen molar-refractivity contribution in [1.29, 1.82) is 0 Å². The van der Waals surface area contributed by atoms with Crippen molar-refractivity contribution in [1.82, 2.24) is 0 Å². The van der Waals surface area contributed by atoms with Gasteiger partial charge >= 0.3 is 0 Å². The third-order valence-corrected chi connectivity index (χ3v) is 3.05. The summed E-state index contributed by atoms with van der Waals surface area (Å²) in [6, 6.07) is 11.0. The number of Topliss-reactive ketones (excluding diaryl/α,β-unsaturated/α-hetero) is 1. The van der Waals surface area contributed by atoms with E-state index < -0.39 is 5.82 Å². The van der Waals surface area contributed by atoms with Gasteiger partial charge in [-0.1, -0.05) is 35.9 Å². The predicted molar refractivity (Wildman–Crippen MR) is 71.9 cm³/mol. The third kappa shape index (κ3) is 3.55. The number of benzene rings is 2. The molecule has 2 nitrogen and oxygen atoms in total. The van der Waals surface area contributed by atoms with Crippen LogP contribution in [0.2, 0.25) is 5.02 Å². The minimum Gasteiger partial charge on any atom is -0.508 e. The van der Waals surface area contributed by atoms with Crippen LogP contribution in [0.1, 0.15) is 11.1 Å². The molecule has 0 saturated heterocycles. The van der Waals surface area contributed by atoms with Crippen molar-refractivity contribution in [2.75, 3.05) is 0 Å². The van der Waals surface area contributed by atoms with Gasteiger partial charge in [0.25, 0.3) is 0 Å². The van der Waals surface area contributed by atoms with Crippen LogP contribution in [0.3, 0.4) is 0 Å². The smallest absolute Gasteiger partial charge is 0.145 e. The Hall–Kier alpha value is -1.87. The minimum absolute atomic E-state index is 0.00721. The molecular weight excluding hydrogens is 267 g/mol. The quantitative estimate of drug-likeness (QED) is 0.929. The van der Waals surface area contributed by atoms with Gasteiger partial charge in [0.15, 0.2) is 0 Å². The SMILES string of the molecule is O=C(Cc1ccc(O)cc1)Cc1cccc(Cl)c1F. The first-order chi connectivity index (χ1) is 9.06. The standard InChI is InChI=1S/C15H12ClFO2/c16-14-3-1-2-11(15(14)17)9-13(19)8-10-4-6-12(18)7-5-10/h1-7,18H,8-9H2. The van der Waals surface area contributed by atoms with Crippen LogP contribution in [0.15, 0.2) is 42.5 Å². The van der Waals surface area contributed by atoms with Gasteiger partial charge in [0, 0.05) is 12.8 Å². The van der Waals surface area contributed by atoms with Crippen molar-refractivity contribution in [3.8, 4) is 5.75 Å². The second-order valence-electron chi connectivity index (χ2n) is 4.27. The first-order valence-electron chi connectivity index (χ1n) is 5.79. The van der Waals surface area contributed by atoms with Crippen molar-refractivity contribution < 1.29 is 14.3 Å². The Labute approximate surface area is 115 Å². The number of rotatable bonds is 4. The molecule has 0 amide bonds.